The fourth-order valence-electron chi connectivity index (χ4n) is 4.02. The highest BCUT2D eigenvalue weighted by Gasteiger charge is 2.52. The van der Waals surface area contributed by atoms with Crippen LogP contribution in [0.4, 0.5) is 0 Å². The van der Waals surface area contributed by atoms with Crippen molar-refractivity contribution in [3.05, 3.63) is 66.2 Å². The number of benzene rings is 2. The molecular formula is C21H30N2P+. The lowest BCUT2D eigenvalue weighted by molar-refractivity contribution is 0.432. The average Bonchev–Trinajstić information content (AvgIpc) is 3.18. The van der Waals surface area contributed by atoms with Crippen LogP contribution in [-0.4, -0.2) is 35.5 Å². The Balaban J connectivity index is 2.11. The summed E-state index contributed by atoms with van der Waals surface area (Å²) in [7, 11) is -1.56. The molecule has 0 radical (unpaired) electrons. The summed E-state index contributed by atoms with van der Waals surface area (Å²) in [4.78, 5) is 0. The van der Waals surface area contributed by atoms with Gasteiger partial charge >= 0.3 is 0 Å². The molecule has 3 rings (SSSR count). The first kappa shape index (κ1) is 17.6. The molecule has 1 heterocycles. The predicted molar refractivity (Wildman–Crippen MR) is 107 cm³/mol. The molecule has 0 spiro atoms. The Bertz CT molecular complexity index is 602. The Labute approximate surface area is 147 Å². The maximum absolute atomic E-state index is 2.84. The van der Waals surface area contributed by atoms with E-state index in [1.165, 1.54) is 31.5 Å². The number of rotatable bonds is 7. The lowest BCUT2D eigenvalue weighted by atomic mass is 10.2. The summed E-state index contributed by atoms with van der Waals surface area (Å²) in [6, 6.07) is 22.4. The zero-order chi connectivity index (χ0) is 16.8. The zero-order valence-corrected chi connectivity index (χ0v) is 16.0. The zero-order valence-electron chi connectivity index (χ0n) is 15.1. The maximum Gasteiger partial charge on any atom is 0.190 e. The van der Waals surface area contributed by atoms with Gasteiger partial charge in [-0.05, 0) is 44.4 Å². The van der Waals surface area contributed by atoms with E-state index in [0.29, 0.717) is 0 Å². The molecule has 0 saturated carbocycles. The van der Waals surface area contributed by atoms with Gasteiger partial charge in [0.05, 0.1) is 0 Å². The lowest BCUT2D eigenvalue weighted by Gasteiger charge is -2.41. The normalized spacial score (nSPS) is 18.0. The van der Waals surface area contributed by atoms with Gasteiger partial charge < -0.3 is 0 Å². The average molecular weight is 341 g/mol. The molecule has 1 unspecified atom stereocenters. The fraction of sp³-hybridized carbons (Fsp3) is 0.429. The van der Waals surface area contributed by atoms with Crippen LogP contribution >= 0.6 is 7.56 Å². The van der Waals surface area contributed by atoms with Crippen LogP contribution in [0.25, 0.3) is 0 Å². The van der Waals surface area contributed by atoms with Crippen LogP contribution in [-0.2, 0) is 6.16 Å². The smallest absolute Gasteiger partial charge is 0.159 e. The van der Waals surface area contributed by atoms with Crippen LogP contribution in [0.15, 0.2) is 60.7 Å². The van der Waals surface area contributed by atoms with Crippen LogP contribution < -0.4 is 5.30 Å². The third kappa shape index (κ3) is 3.42. The minimum atomic E-state index is -1.56. The standard InChI is InChI=1S/C21H30N2P/c1-3-22(4-2)24(23-17-11-12-18-23,21-15-9-6-10-16-21)19-20-13-7-5-8-14-20/h5-10,13-16H,3-4,11-12,17-19H2,1-2H3/q+1. The summed E-state index contributed by atoms with van der Waals surface area (Å²) in [5.41, 5.74) is 1.47. The summed E-state index contributed by atoms with van der Waals surface area (Å²) < 4.78 is 5.60. The van der Waals surface area contributed by atoms with Crippen molar-refractivity contribution in [2.24, 2.45) is 0 Å². The van der Waals surface area contributed by atoms with Crippen molar-refractivity contribution in [3.8, 4) is 0 Å². The summed E-state index contributed by atoms with van der Waals surface area (Å²) >= 11 is 0. The molecule has 1 saturated heterocycles. The molecule has 0 aromatic heterocycles. The largest absolute Gasteiger partial charge is 0.190 e. The topological polar surface area (TPSA) is 6.48 Å². The Morgan fingerprint density at radius 1 is 0.833 bits per heavy atom. The minimum Gasteiger partial charge on any atom is -0.159 e. The first-order valence-corrected chi connectivity index (χ1v) is 11.2. The van der Waals surface area contributed by atoms with Crippen molar-refractivity contribution in [1.29, 1.82) is 0 Å². The number of hydrogen-bond acceptors (Lipinski definition) is 2. The van der Waals surface area contributed by atoms with Crippen molar-refractivity contribution < 1.29 is 0 Å². The van der Waals surface area contributed by atoms with E-state index in [1.807, 2.05) is 0 Å². The van der Waals surface area contributed by atoms with Crippen molar-refractivity contribution >= 4 is 12.9 Å². The highest BCUT2D eigenvalue weighted by molar-refractivity contribution is 7.78. The Morgan fingerprint density at radius 2 is 1.38 bits per heavy atom. The van der Waals surface area contributed by atoms with Crippen LogP contribution in [0.1, 0.15) is 32.3 Å². The molecule has 2 nitrogen and oxygen atoms in total. The van der Waals surface area contributed by atoms with E-state index >= 15 is 0 Å². The van der Waals surface area contributed by atoms with Crippen LogP contribution in [0.5, 0.6) is 0 Å². The van der Waals surface area contributed by atoms with E-state index in [1.54, 1.807) is 5.30 Å². The monoisotopic (exact) mass is 341 g/mol. The summed E-state index contributed by atoms with van der Waals surface area (Å²) in [5, 5.41) is 1.54. The van der Waals surface area contributed by atoms with Gasteiger partial charge in [-0.2, -0.15) is 9.34 Å². The van der Waals surface area contributed by atoms with Gasteiger partial charge in [0.15, 0.2) is 7.56 Å². The Morgan fingerprint density at radius 3 is 1.92 bits per heavy atom. The fourth-order valence-corrected chi connectivity index (χ4v) is 8.87. The van der Waals surface area contributed by atoms with E-state index < -0.39 is 7.56 Å². The number of hydrogen-bond donors (Lipinski definition) is 0. The van der Waals surface area contributed by atoms with Crippen molar-refractivity contribution in [3.63, 3.8) is 0 Å². The third-order valence-corrected chi connectivity index (χ3v) is 9.93. The molecule has 1 aliphatic heterocycles. The van der Waals surface area contributed by atoms with E-state index in [-0.39, 0.29) is 0 Å². The molecule has 24 heavy (non-hydrogen) atoms. The van der Waals surface area contributed by atoms with Gasteiger partial charge in [-0.25, -0.2) is 0 Å². The first-order valence-electron chi connectivity index (χ1n) is 9.29. The molecule has 1 fully saturated rings. The molecule has 1 aliphatic rings. The molecule has 0 amide bonds. The van der Waals surface area contributed by atoms with Crippen molar-refractivity contribution in [2.45, 2.75) is 32.9 Å². The SMILES string of the molecule is CCN(CC)[P+](Cc1ccccc1)(c1ccccc1)N1CCCC1. The molecule has 3 heteroatoms. The Kier molecular flexibility index (Phi) is 6.05. The second kappa shape index (κ2) is 8.25. The quantitative estimate of drug-likeness (QED) is 0.668. The van der Waals surface area contributed by atoms with Gasteiger partial charge in [-0.1, -0.05) is 48.5 Å². The van der Waals surface area contributed by atoms with Crippen molar-refractivity contribution in [1.82, 2.24) is 9.34 Å². The van der Waals surface area contributed by atoms with Crippen LogP contribution in [0.3, 0.4) is 0 Å². The van der Waals surface area contributed by atoms with E-state index in [9.17, 15) is 0 Å². The lowest BCUT2D eigenvalue weighted by Crippen LogP contribution is -2.41. The number of nitrogens with zero attached hydrogens (tertiary/aromatic N) is 2. The molecular weight excluding hydrogens is 311 g/mol. The van der Waals surface area contributed by atoms with E-state index in [0.717, 1.165) is 19.3 Å². The van der Waals surface area contributed by atoms with Crippen molar-refractivity contribution in [2.75, 3.05) is 26.2 Å². The maximum atomic E-state index is 2.84. The summed E-state index contributed by atoms with van der Waals surface area (Å²) in [6.45, 7) is 9.35. The Hall–Kier alpha value is -1.21. The second-order valence-corrected chi connectivity index (χ2v) is 9.93. The van der Waals surface area contributed by atoms with Gasteiger partial charge in [-0.3, -0.25) is 0 Å². The predicted octanol–water partition coefficient (Wildman–Crippen LogP) is 4.80. The molecule has 0 aliphatic carbocycles. The molecule has 0 bridgehead atoms. The second-order valence-electron chi connectivity index (χ2n) is 6.51. The molecule has 0 N–H and O–H groups in total. The van der Waals surface area contributed by atoms with Gasteiger partial charge in [0.2, 0.25) is 0 Å². The van der Waals surface area contributed by atoms with Gasteiger partial charge in [-0.15, -0.1) is 0 Å². The molecule has 2 aromatic rings. The van der Waals surface area contributed by atoms with E-state index in [2.05, 4.69) is 83.9 Å². The molecule has 1 atom stereocenters. The van der Waals surface area contributed by atoms with Gasteiger partial charge in [0, 0.05) is 26.2 Å². The van der Waals surface area contributed by atoms with Gasteiger partial charge in [0.1, 0.15) is 11.5 Å². The molecule has 128 valence electrons. The van der Waals surface area contributed by atoms with Crippen LogP contribution in [0, 0.1) is 0 Å². The third-order valence-electron chi connectivity index (χ3n) is 5.16. The van der Waals surface area contributed by atoms with Crippen LogP contribution in [0.2, 0.25) is 0 Å². The van der Waals surface area contributed by atoms with E-state index in [4.69, 9.17) is 0 Å². The minimum absolute atomic E-state index is 1.11. The summed E-state index contributed by atoms with van der Waals surface area (Å²) in [5.74, 6) is 0. The highest BCUT2D eigenvalue weighted by atomic mass is 31.2. The highest BCUT2D eigenvalue weighted by Crippen LogP contribution is 2.66. The summed E-state index contributed by atoms with van der Waals surface area (Å²) in [6.07, 6.45) is 3.83. The first-order chi connectivity index (χ1) is 11.8. The van der Waals surface area contributed by atoms with Gasteiger partial charge in [0.25, 0.3) is 0 Å². The molecule has 2 aromatic carbocycles.